The molecule has 154 valence electrons. The minimum Gasteiger partial charge on any atom is -0.378 e. The number of amides is 1. The average molecular weight is 410 g/mol. The first kappa shape index (κ1) is 20.7. The van der Waals surface area contributed by atoms with Crippen LogP contribution in [0, 0.1) is 10.1 Å². The first-order valence-electron chi connectivity index (χ1n) is 9.78. The van der Waals surface area contributed by atoms with Crippen molar-refractivity contribution in [3.05, 3.63) is 33.9 Å². The Morgan fingerprint density at radius 2 is 2.11 bits per heavy atom. The van der Waals surface area contributed by atoms with Gasteiger partial charge in [-0.05, 0) is 31.4 Å². The highest BCUT2D eigenvalue weighted by Gasteiger charge is 2.28. The third kappa shape index (κ3) is 4.88. The number of nitrogens with zero attached hydrogens (tertiary/aromatic N) is 2. The second-order valence-electron chi connectivity index (χ2n) is 7.19. The van der Waals surface area contributed by atoms with Gasteiger partial charge in [-0.1, -0.05) is 13.3 Å². The van der Waals surface area contributed by atoms with Gasteiger partial charge in [0.25, 0.3) is 11.6 Å². The average Bonchev–Trinajstić information content (AvgIpc) is 2.73. The molecule has 0 radical (unpaired) electrons. The Bertz CT molecular complexity index is 751. The first-order chi connectivity index (χ1) is 13.5. The SMILES string of the molecule is CCS(=O)C1CCCC(Nc2ccc(C(=O)N3CCOCC3)cc2[N+](=O)[O-])C1. The molecule has 3 atom stereocenters. The minimum absolute atomic E-state index is 0.0498. The molecule has 1 heterocycles. The van der Waals surface area contributed by atoms with E-state index in [1.807, 2.05) is 6.92 Å². The Labute approximate surface area is 167 Å². The summed E-state index contributed by atoms with van der Waals surface area (Å²) in [6.45, 7) is 3.86. The van der Waals surface area contributed by atoms with Crippen molar-refractivity contribution in [1.29, 1.82) is 0 Å². The molecular formula is C19H27N3O5S. The van der Waals surface area contributed by atoms with E-state index < -0.39 is 15.7 Å². The van der Waals surface area contributed by atoms with Gasteiger partial charge in [-0.2, -0.15) is 0 Å². The van der Waals surface area contributed by atoms with Gasteiger partial charge in [0.2, 0.25) is 0 Å². The largest absolute Gasteiger partial charge is 0.378 e. The fraction of sp³-hybridized carbons (Fsp3) is 0.632. The molecule has 8 nitrogen and oxygen atoms in total. The highest BCUT2D eigenvalue weighted by atomic mass is 32.2. The summed E-state index contributed by atoms with van der Waals surface area (Å²) in [5.41, 5.74) is 0.627. The van der Waals surface area contributed by atoms with Gasteiger partial charge >= 0.3 is 0 Å². The molecule has 3 unspecified atom stereocenters. The predicted octanol–water partition coefficient (Wildman–Crippen LogP) is 2.56. The molecule has 1 aliphatic heterocycles. The number of nitro benzene ring substituents is 1. The number of carbonyl (C=O) groups is 1. The molecule has 0 spiro atoms. The van der Waals surface area contributed by atoms with Gasteiger partial charge in [0.15, 0.2) is 0 Å². The van der Waals surface area contributed by atoms with Gasteiger partial charge in [-0.15, -0.1) is 0 Å². The molecule has 9 heteroatoms. The van der Waals surface area contributed by atoms with Gasteiger partial charge in [0.05, 0.1) is 18.1 Å². The number of nitro groups is 1. The third-order valence-corrected chi connectivity index (χ3v) is 7.12. The summed E-state index contributed by atoms with van der Waals surface area (Å²) < 4.78 is 17.4. The van der Waals surface area contributed by atoms with Crippen molar-refractivity contribution in [2.45, 2.75) is 43.9 Å². The third-order valence-electron chi connectivity index (χ3n) is 5.38. The molecule has 3 rings (SSSR count). The zero-order chi connectivity index (χ0) is 20.1. The van der Waals surface area contributed by atoms with Crippen LogP contribution in [0.25, 0.3) is 0 Å². The van der Waals surface area contributed by atoms with Crippen molar-refractivity contribution >= 4 is 28.1 Å². The summed E-state index contributed by atoms with van der Waals surface area (Å²) in [5.74, 6) is 0.421. The summed E-state index contributed by atoms with van der Waals surface area (Å²) in [7, 11) is -0.853. The van der Waals surface area contributed by atoms with Gasteiger partial charge in [-0.25, -0.2) is 0 Å². The molecule has 0 aromatic heterocycles. The number of benzene rings is 1. The van der Waals surface area contributed by atoms with Gasteiger partial charge in [0, 0.05) is 52.6 Å². The maximum Gasteiger partial charge on any atom is 0.293 e. The second-order valence-corrected chi connectivity index (χ2v) is 9.20. The van der Waals surface area contributed by atoms with Gasteiger partial charge < -0.3 is 15.0 Å². The Hall–Kier alpha value is -2.00. The van der Waals surface area contributed by atoms with E-state index in [1.54, 1.807) is 17.0 Å². The van der Waals surface area contributed by atoms with Crippen LogP contribution in [0.4, 0.5) is 11.4 Å². The number of carbonyl (C=O) groups excluding carboxylic acids is 1. The van der Waals surface area contributed by atoms with Crippen LogP contribution in [0.3, 0.4) is 0 Å². The maximum atomic E-state index is 12.6. The molecule has 1 aliphatic carbocycles. The van der Waals surface area contributed by atoms with Crippen LogP contribution in [-0.2, 0) is 15.5 Å². The summed E-state index contributed by atoms with van der Waals surface area (Å²) in [6, 6.07) is 4.66. The normalized spacial score (nSPS) is 23.8. The molecule has 28 heavy (non-hydrogen) atoms. The molecule has 1 amide bonds. The van der Waals surface area contributed by atoms with Gasteiger partial charge in [0.1, 0.15) is 5.69 Å². The van der Waals surface area contributed by atoms with E-state index in [-0.39, 0.29) is 22.9 Å². The summed E-state index contributed by atoms with van der Waals surface area (Å²) in [4.78, 5) is 25.4. The van der Waals surface area contributed by atoms with Crippen LogP contribution in [-0.4, -0.2) is 63.3 Å². The Morgan fingerprint density at radius 1 is 1.36 bits per heavy atom. The fourth-order valence-corrected chi connectivity index (χ4v) is 5.21. The molecule has 2 fully saturated rings. The highest BCUT2D eigenvalue weighted by molar-refractivity contribution is 7.85. The lowest BCUT2D eigenvalue weighted by atomic mass is 9.94. The van der Waals surface area contributed by atoms with Crippen molar-refractivity contribution in [2.24, 2.45) is 0 Å². The second kappa shape index (κ2) is 9.47. The maximum absolute atomic E-state index is 12.6. The van der Waals surface area contributed by atoms with Gasteiger partial charge in [-0.3, -0.25) is 19.1 Å². The number of hydrogen-bond donors (Lipinski definition) is 1. The zero-order valence-electron chi connectivity index (χ0n) is 16.1. The van der Waals surface area contributed by atoms with Crippen LogP contribution in [0.15, 0.2) is 18.2 Å². The van der Waals surface area contributed by atoms with E-state index in [0.717, 1.165) is 25.7 Å². The standard InChI is InChI=1S/C19H27N3O5S/c1-2-28(26)16-5-3-4-15(13-16)20-17-7-6-14(12-18(17)22(24)25)19(23)21-8-10-27-11-9-21/h6-7,12,15-16,20H,2-5,8-11,13H2,1H3. The lowest BCUT2D eigenvalue weighted by Gasteiger charge is -2.30. The molecule has 1 aromatic rings. The highest BCUT2D eigenvalue weighted by Crippen LogP contribution is 2.31. The lowest BCUT2D eigenvalue weighted by molar-refractivity contribution is -0.384. The van der Waals surface area contributed by atoms with Crippen LogP contribution < -0.4 is 5.32 Å². The number of morpholine rings is 1. The number of nitrogens with one attached hydrogen (secondary N) is 1. The molecule has 1 saturated heterocycles. The van der Waals surface area contributed by atoms with Crippen molar-refractivity contribution in [3.8, 4) is 0 Å². The Morgan fingerprint density at radius 3 is 2.79 bits per heavy atom. The van der Waals surface area contributed by atoms with Crippen molar-refractivity contribution in [3.63, 3.8) is 0 Å². The van der Waals surface area contributed by atoms with E-state index in [1.165, 1.54) is 6.07 Å². The topological polar surface area (TPSA) is 102 Å². The molecule has 1 saturated carbocycles. The monoisotopic (exact) mass is 409 g/mol. The summed E-state index contributed by atoms with van der Waals surface area (Å²) in [6.07, 6.45) is 3.53. The van der Waals surface area contributed by atoms with E-state index >= 15 is 0 Å². The summed E-state index contributed by atoms with van der Waals surface area (Å²) >= 11 is 0. The zero-order valence-corrected chi connectivity index (χ0v) is 16.9. The summed E-state index contributed by atoms with van der Waals surface area (Å²) in [5, 5.41) is 15.0. The van der Waals surface area contributed by atoms with E-state index in [0.29, 0.717) is 43.3 Å². The first-order valence-corrected chi connectivity index (χ1v) is 11.2. The van der Waals surface area contributed by atoms with E-state index in [2.05, 4.69) is 5.32 Å². The molecule has 1 N–H and O–H groups in total. The van der Waals surface area contributed by atoms with E-state index in [4.69, 9.17) is 4.74 Å². The molecule has 0 bridgehead atoms. The number of hydrogen-bond acceptors (Lipinski definition) is 6. The molecule has 1 aromatic carbocycles. The molecular weight excluding hydrogens is 382 g/mol. The van der Waals surface area contributed by atoms with Crippen molar-refractivity contribution in [1.82, 2.24) is 4.90 Å². The van der Waals surface area contributed by atoms with Crippen LogP contribution in [0.5, 0.6) is 0 Å². The van der Waals surface area contributed by atoms with Crippen molar-refractivity contribution in [2.75, 3.05) is 37.4 Å². The minimum atomic E-state index is -0.853. The number of rotatable bonds is 6. The quantitative estimate of drug-likeness (QED) is 0.572. The molecule has 2 aliphatic rings. The van der Waals surface area contributed by atoms with Crippen LogP contribution in [0.2, 0.25) is 0 Å². The van der Waals surface area contributed by atoms with E-state index in [9.17, 15) is 19.1 Å². The predicted molar refractivity (Wildman–Crippen MR) is 108 cm³/mol. The fourth-order valence-electron chi connectivity index (χ4n) is 3.86. The smallest absolute Gasteiger partial charge is 0.293 e. The lowest BCUT2D eigenvalue weighted by Crippen LogP contribution is -2.40. The van der Waals surface area contributed by atoms with Crippen molar-refractivity contribution < 1.29 is 18.7 Å². The number of ether oxygens (including phenoxy) is 1. The Kier molecular flexibility index (Phi) is 7.01. The Balaban J connectivity index is 1.75. The number of anilines is 1. The van der Waals surface area contributed by atoms with Crippen LogP contribution >= 0.6 is 0 Å². The van der Waals surface area contributed by atoms with Crippen LogP contribution in [0.1, 0.15) is 43.0 Å².